The number of benzene rings is 2. The molecular weight excluding hydrogens is 352 g/mol. The van der Waals surface area contributed by atoms with Crippen molar-refractivity contribution < 1.29 is 35.9 Å². The fourth-order valence-corrected chi connectivity index (χ4v) is 2.01. The molecule has 0 aliphatic heterocycles. The number of imide groups is 1. The van der Waals surface area contributed by atoms with Gasteiger partial charge in [0.25, 0.3) is 0 Å². The lowest BCUT2D eigenvalue weighted by Gasteiger charge is -2.23. The molecule has 2 rings (SSSR count). The maximum absolute atomic E-state index is 12.6. The molecule has 0 unspecified atom stereocenters. The molecule has 0 heterocycles. The minimum atomic E-state index is -5.64. The largest absolute Gasteiger partial charge is 0.472 e. The molecule has 3 nitrogen and oxygen atoms in total. The average molecular weight is 361 g/mol. The zero-order valence-electron chi connectivity index (χ0n) is 12.2. The van der Waals surface area contributed by atoms with Gasteiger partial charge in [0, 0.05) is 0 Å². The standard InChI is InChI=1S/C16H9F6NO2/c17-15(18,19)13(24)23(14(25)16(20,21)22)12-8-6-11(7-9-12)10-4-2-1-3-5-10/h1-9H. The van der Waals surface area contributed by atoms with Gasteiger partial charge in [-0.3, -0.25) is 9.59 Å². The third-order valence-electron chi connectivity index (χ3n) is 3.12. The van der Waals surface area contributed by atoms with E-state index in [1.54, 1.807) is 30.3 Å². The van der Waals surface area contributed by atoms with Crippen molar-refractivity contribution >= 4 is 17.5 Å². The SMILES string of the molecule is O=C(N(C(=O)C(F)(F)F)c1ccc(-c2ccccc2)cc1)C(F)(F)F. The van der Waals surface area contributed by atoms with Crippen LogP contribution in [0, 0.1) is 0 Å². The van der Waals surface area contributed by atoms with Crippen LogP contribution in [-0.4, -0.2) is 24.2 Å². The number of carbonyl (C=O) groups excluding carboxylic acids is 2. The molecule has 25 heavy (non-hydrogen) atoms. The van der Waals surface area contributed by atoms with Crippen LogP contribution in [0.2, 0.25) is 0 Å². The Bertz CT molecular complexity index is 740. The number of anilines is 1. The van der Waals surface area contributed by atoms with E-state index >= 15 is 0 Å². The smallest absolute Gasteiger partial charge is 0.263 e. The Kier molecular flexibility index (Phi) is 4.87. The summed E-state index contributed by atoms with van der Waals surface area (Å²) in [7, 11) is 0. The molecule has 2 amide bonds. The molecule has 2 aromatic carbocycles. The minimum Gasteiger partial charge on any atom is -0.263 e. The first-order valence-electron chi connectivity index (χ1n) is 6.70. The molecule has 9 heteroatoms. The zero-order valence-corrected chi connectivity index (χ0v) is 12.2. The van der Waals surface area contributed by atoms with Crippen LogP contribution >= 0.6 is 0 Å². The van der Waals surface area contributed by atoms with Crippen molar-refractivity contribution in [3.8, 4) is 11.1 Å². The highest BCUT2D eigenvalue weighted by Gasteiger charge is 2.52. The third kappa shape index (κ3) is 4.17. The first-order chi connectivity index (χ1) is 11.5. The lowest BCUT2D eigenvalue weighted by Crippen LogP contribution is -2.50. The van der Waals surface area contributed by atoms with Crippen LogP contribution in [0.5, 0.6) is 0 Å². The summed E-state index contributed by atoms with van der Waals surface area (Å²) in [5.74, 6) is -5.83. The molecule has 0 bridgehead atoms. The van der Waals surface area contributed by atoms with Crippen LogP contribution in [-0.2, 0) is 9.59 Å². The van der Waals surface area contributed by atoms with Crippen LogP contribution in [0.3, 0.4) is 0 Å². The molecule has 0 radical (unpaired) electrons. The second-order valence-corrected chi connectivity index (χ2v) is 4.85. The summed E-state index contributed by atoms with van der Waals surface area (Å²) in [6.07, 6.45) is -11.3. The van der Waals surface area contributed by atoms with Crippen LogP contribution in [0.15, 0.2) is 54.6 Å². The topological polar surface area (TPSA) is 37.4 Å². The number of alkyl halides is 6. The highest BCUT2D eigenvalue weighted by atomic mass is 19.4. The summed E-state index contributed by atoms with van der Waals surface area (Å²) >= 11 is 0. The summed E-state index contributed by atoms with van der Waals surface area (Å²) in [4.78, 5) is 21.7. The molecule has 0 spiro atoms. The maximum atomic E-state index is 12.6. The van der Waals surface area contributed by atoms with Crippen molar-refractivity contribution in [1.82, 2.24) is 0 Å². The molecule has 0 aliphatic carbocycles. The quantitative estimate of drug-likeness (QED) is 0.747. The van der Waals surface area contributed by atoms with Crippen LogP contribution in [0.1, 0.15) is 0 Å². The van der Waals surface area contributed by atoms with E-state index in [4.69, 9.17) is 0 Å². The summed E-state index contributed by atoms with van der Waals surface area (Å²) in [6.45, 7) is 0. The number of halogens is 6. The van der Waals surface area contributed by atoms with Crippen molar-refractivity contribution in [1.29, 1.82) is 0 Å². The molecule has 0 saturated heterocycles. The lowest BCUT2D eigenvalue weighted by molar-refractivity contribution is -0.181. The predicted molar refractivity (Wildman–Crippen MR) is 76.5 cm³/mol. The van der Waals surface area contributed by atoms with Gasteiger partial charge in [-0.2, -0.15) is 26.3 Å². The number of amides is 2. The molecular formula is C16H9F6NO2. The van der Waals surface area contributed by atoms with E-state index < -0.39 is 34.8 Å². The van der Waals surface area contributed by atoms with E-state index in [9.17, 15) is 35.9 Å². The van der Waals surface area contributed by atoms with E-state index in [0.29, 0.717) is 11.1 Å². The van der Waals surface area contributed by atoms with Gasteiger partial charge < -0.3 is 0 Å². The summed E-state index contributed by atoms with van der Waals surface area (Å²) < 4.78 is 75.4. The second-order valence-electron chi connectivity index (χ2n) is 4.85. The van der Waals surface area contributed by atoms with E-state index in [1.165, 1.54) is 12.1 Å². The molecule has 0 aromatic heterocycles. The fourth-order valence-electron chi connectivity index (χ4n) is 2.01. The van der Waals surface area contributed by atoms with Gasteiger partial charge in [0.15, 0.2) is 0 Å². The van der Waals surface area contributed by atoms with Crippen molar-refractivity contribution in [3.05, 3.63) is 54.6 Å². The second kappa shape index (κ2) is 6.58. The number of hydrogen-bond donors (Lipinski definition) is 0. The van der Waals surface area contributed by atoms with E-state index in [2.05, 4.69) is 0 Å². The van der Waals surface area contributed by atoms with Gasteiger partial charge in [-0.25, -0.2) is 4.90 Å². The van der Waals surface area contributed by atoms with E-state index in [-0.39, 0.29) is 0 Å². The average Bonchev–Trinajstić information content (AvgIpc) is 2.54. The molecule has 132 valence electrons. The highest BCUT2D eigenvalue weighted by molar-refractivity contribution is 6.18. The van der Waals surface area contributed by atoms with Gasteiger partial charge in [-0.05, 0) is 23.3 Å². The van der Waals surface area contributed by atoms with Crippen molar-refractivity contribution in [2.45, 2.75) is 12.4 Å². The van der Waals surface area contributed by atoms with Gasteiger partial charge in [0.05, 0.1) is 5.69 Å². The lowest BCUT2D eigenvalue weighted by atomic mass is 10.1. The molecule has 0 fully saturated rings. The number of hydrogen-bond acceptors (Lipinski definition) is 2. The van der Waals surface area contributed by atoms with Crippen LogP contribution in [0.4, 0.5) is 32.0 Å². The van der Waals surface area contributed by atoms with Gasteiger partial charge in [-0.1, -0.05) is 42.5 Å². The van der Waals surface area contributed by atoms with Crippen molar-refractivity contribution in [2.75, 3.05) is 4.90 Å². The Morgan fingerprint density at radius 1 is 0.640 bits per heavy atom. The zero-order chi connectivity index (χ0) is 18.8. The van der Waals surface area contributed by atoms with Gasteiger partial charge >= 0.3 is 24.2 Å². The normalized spacial score (nSPS) is 11.9. The Hall–Kier alpha value is -2.84. The highest BCUT2D eigenvalue weighted by Crippen LogP contribution is 2.30. The number of carbonyl (C=O) groups is 2. The van der Waals surface area contributed by atoms with Crippen molar-refractivity contribution in [3.63, 3.8) is 0 Å². The molecule has 0 N–H and O–H groups in total. The van der Waals surface area contributed by atoms with Gasteiger partial charge in [0.1, 0.15) is 0 Å². The van der Waals surface area contributed by atoms with Gasteiger partial charge in [-0.15, -0.1) is 0 Å². The van der Waals surface area contributed by atoms with Crippen LogP contribution < -0.4 is 4.90 Å². The minimum absolute atomic E-state index is 0.489. The Morgan fingerprint density at radius 2 is 1.04 bits per heavy atom. The van der Waals surface area contributed by atoms with E-state index in [0.717, 1.165) is 12.1 Å². The van der Waals surface area contributed by atoms with Gasteiger partial charge in [0.2, 0.25) is 0 Å². The first kappa shape index (κ1) is 18.5. The van der Waals surface area contributed by atoms with Crippen molar-refractivity contribution in [2.24, 2.45) is 0 Å². The first-order valence-corrected chi connectivity index (χ1v) is 6.70. The Morgan fingerprint density at radius 3 is 1.44 bits per heavy atom. The van der Waals surface area contributed by atoms with Crippen LogP contribution in [0.25, 0.3) is 11.1 Å². The predicted octanol–water partition coefficient (Wildman–Crippen LogP) is 4.34. The summed E-state index contributed by atoms with van der Waals surface area (Å²) in [5.41, 5.74) is 0.317. The molecule has 0 aliphatic rings. The van der Waals surface area contributed by atoms with E-state index in [1.807, 2.05) is 0 Å². The summed E-state index contributed by atoms with van der Waals surface area (Å²) in [6, 6.07) is 12.6. The summed E-state index contributed by atoms with van der Waals surface area (Å²) in [5, 5.41) is 0. The monoisotopic (exact) mass is 361 g/mol. The Balaban J connectivity index is 2.44. The number of rotatable bonds is 2. The molecule has 2 aromatic rings. The molecule has 0 atom stereocenters. The Labute approximate surface area is 137 Å². The molecule has 0 saturated carbocycles. The maximum Gasteiger partial charge on any atom is 0.472 e. The third-order valence-corrected chi connectivity index (χ3v) is 3.12. The fraction of sp³-hybridized carbons (Fsp3) is 0.125. The number of nitrogens with zero attached hydrogens (tertiary/aromatic N) is 1.